The highest BCUT2D eigenvalue weighted by atomic mass is 32.2. The molecule has 1 rings (SSSR count). The van der Waals surface area contributed by atoms with Gasteiger partial charge in [-0.3, -0.25) is 0 Å². The van der Waals surface area contributed by atoms with Gasteiger partial charge in [0, 0.05) is 10.5 Å². The van der Waals surface area contributed by atoms with Crippen LogP contribution in [0.4, 0.5) is 0 Å². The zero-order valence-corrected chi connectivity index (χ0v) is 9.07. The summed E-state index contributed by atoms with van der Waals surface area (Å²) in [6, 6.07) is 0. The van der Waals surface area contributed by atoms with Crippen LogP contribution in [0.3, 0.4) is 0 Å². The lowest BCUT2D eigenvalue weighted by molar-refractivity contribution is 0.515. The summed E-state index contributed by atoms with van der Waals surface area (Å²) in [5.74, 6) is 0. The third-order valence-corrected chi connectivity index (χ3v) is 3.87. The second-order valence-electron chi connectivity index (χ2n) is 3.63. The Balaban J connectivity index is 2.19. The van der Waals surface area contributed by atoms with Crippen molar-refractivity contribution in [3.63, 3.8) is 0 Å². The second kappa shape index (κ2) is 5.69. The van der Waals surface area contributed by atoms with Gasteiger partial charge in [0.15, 0.2) is 0 Å². The zero-order valence-electron chi connectivity index (χ0n) is 8.25. The summed E-state index contributed by atoms with van der Waals surface area (Å²) in [6.07, 6.45) is 11.8. The molecule has 1 unspecified atom stereocenters. The monoisotopic (exact) mass is 184 g/mol. The molecule has 0 aromatic heterocycles. The van der Waals surface area contributed by atoms with E-state index in [0.717, 1.165) is 10.5 Å². The molecule has 0 heterocycles. The van der Waals surface area contributed by atoms with Gasteiger partial charge in [-0.1, -0.05) is 31.4 Å². The summed E-state index contributed by atoms with van der Waals surface area (Å²) in [5.41, 5.74) is 0. The van der Waals surface area contributed by atoms with Crippen molar-refractivity contribution in [1.82, 2.24) is 0 Å². The van der Waals surface area contributed by atoms with Gasteiger partial charge in [-0.2, -0.15) is 11.8 Å². The van der Waals surface area contributed by atoms with Gasteiger partial charge >= 0.3 is 0 Å². The van der Waals surface area contributed by atoms with Gasteiger partial charge in [-0.05, 0) is 26.7 Å². The first-order chi connectivity index (χ1) is 5.83. The predicted octanol–water partition coefficient (Wildman–Crippen LogP) is 4.02. The molecule has 1 aliphatic carbocycles. The molecule has 0 N–H and O–H groups in total. The summed E-state index contributed by atoms with van der Waals surface area (Å²) >= 11 is 2.16. The molecule has 0 amide bonds. The standard InChI is InChI=1S/C11H20S/c1-3-7-10(2)12-11-8-5-4-6-9-11/h3,7,10-11H,4-6,8-9H2,1-2H3. The molecule has 0 radical (unpaired) electrons. The highest BCUT2D eigenvalue weighted by Gasteiger charge is 2.15. The molecule has 1 heteroatoms. The lowest BCUT2D eigenvalue weighted by atomic mass is 10.0. The average Bonchev–Trinajstić information content (AvgIpc) is 2.06. The van der Waals surface area contributed by atoms with Gasteiger partial charge in [-0.15, -0.1) is 0 Å². The Morgan fingerprint density at radius 2 is 1.92 bits per heavy atom. The normalized spacial score (nSPS) is 23.2. The molecule has 0 aromatic carbocycles. The van der Waals surface area contributed by atoms with E-state index in [2.05, 4.69) is 37.8 Å². The summed E-state index contributed by atoms with van der Waals surface area (Å²) in [4.78, 5) is 0. The summed E-state index contributed by atoms with van der Waals surface area (Å²) in [7, 11) is 0. The Hall–Kier alpha value is 0.0900. The molecule has 1 atom stereocenters. The molecule has 1 fully saturated rings. The Bertz CT molecular complexity index is 134. The molecule has 1 saturated carbocycles. The van der Waals surface area contributed by atoms with Crippen LogP contribution in [-0.2, 0) is 0 Å². The first-order valence-electron chi connectivity index (χ1n) is 5.11. The van der Waals surface area contributed by atoms with E-state index in [1.54, 1.807) is 0 Å². The van der Waals surface area contributed by atoms with Crippen LogP contribution in [-0.4, -0.2) is 10.5 Å². The van der Waals surface area contributed by atoms with Crippen molar-refractivity contribution in [2.24, 2.45) is 0 Å². The molecule has 0 aliphatic heterocycles. The minimum atomic E-state index is 0.720. The first-order valence-corrected chi connectivity index (χ1v) is 6.05. The number of thioether (sulfide) groups is 1. The van der Waals surface area contributed by atoms with Crippen LogP contribution >= 0.6 is 11.8 Å². The number of hydrogen-bond acceptors (Lipinski definition) is 1. The molecule has 0 nitrogen and oxygen atoms in total. The molecule has 0 saturated heterocycles. The van der Waals surface area contributed by atoms with Crippen LogP contribution in [0, 0.1) is 0 Å². The molecular formula is C11H20S. The van der Waals surface area contributed by atoms with E-state index >= 15 is 0 Å². The molecule has 12 heavy (non-hydrogen) atoms. The van der Waals surface area contributed by atoms with Gasteiger partial charge in [0.05, 0.1) is 0 Å². The lowest BCUT2D eigenvalue weighted by Gasteiger charge is -2.22. The SMILES string of the molecule is CC=CC(C)SC1CCCCC1. The Kier molecular flexibility index (Phi) is 4.82. The van der Waals surface area contributed by atoms with Crippen LogP contribution in [0.2, 0.25) is 0 Å². The van der Waals surface area contributed by atoms with E-state index < -0.39 is 0 Å². The maximum Gasteiger partial charge on any atom is 0.0201 e. The van der Waals surface area contributed by atoms with Gasteiger partial charge in [0.1, 0.15) is 0 Å². The van der Waals surface area contributed by atoms with Gasteiger partial charge in [0.25, 0.3) is 0 Å². The summed E-state index contributed by atoms with van der Waals surface area (Å²) < 4.78 is 0. The second-order valence-corrected chi connectivity index (χ2v) is 5.31. The molecule has 1 aliphatic rings. The lowest BCUT2D eigenvalue weighted by Crippen LogP contribution is -2.11. The summed E-state index contributed by atoms with van der Waals surface area (Å²) in [5, 5.41) is 1.67. The Labute approximate surface area is 80.8 Å². The van der Waals surface area contributed by atoms with E-state index in [-0.39, 0.29) is 0 Å². The van der Waals surface area contributed by atoms with Crippen molar-refractivity contribution < 1.29 is 0 Å². The third kappa shape index (κ3) is 3.66. The van der Waals surface area contributed by atoms with Crippen LogP contribution in [0.1, 0.15) is 46.0 Å². The van der Waals surface area contributed by atoms with Gasteiger partial charge in [-0.25, -0.2) is 0 Å². The van der Waals surface area contributed by atoms with Crippen molar-refractivity contribution in [1.29, 1.82) is 0 Å². The van der Waals surface area contributed by atoms with Crippen molar-refractivity contribution in [2.45, 2.75) is 56.5 Å². The van der Waals surface area contributed by atoms with Crippen molar-refractivity contribution in [3.05, 3.63) is 12.2 Å². The van der Waals surface area contributed by atoms with Crippen molar-refractivity contribution in [2.75, 3.05) is 0 Å². The third-order valence-electron chi connectivity index (χ3n) is 2.42. The van der Waals surface area contributed by atoms with Crippen molar-refractivity contribution in [3.8, 4) is 0 Å². The number of rotatable bonds is 3. The molecule has 0 aromatic rings. The number of hydrogen-bond donors (Lipinski definition) is 0. The largest absolute Gasteiger partial charge is 0.151 e. The quantitative estimate of drug-likeness (QED) is 0.597. The fraction of sp³-hybridized carbons (Fsp3) is 0.818. The number of allylic oxidation sites excluding steroid dienone is 1. The fourth-order valence-electron chi connectivity index (χ4n) is 1.82. The van der Waals surface area contributed by atoms with Crippen LogP contribution in [0.5, 0.6) is 0 Å². The Morgan fingerprint density at radius 3 is 2.50 bits per heavy atom. The smallest absolute Gasteiger partial charge is 0.0201 e. The fourth-order valence-corrected chi connectivity index (χ4v) is 3.28. The van der Waals surface area contributed by atoms with E-state index in [1.807, 2.05) is 0 Å². The highest BCUT2D eigenvalue weighted by Crippen LogP contribution is 2.31. The predicted molar refractivity (Wildman–Crippen MR) is 58.7 cm³/mol. The maximum absolute atomic E-state index is 2.30. The molecule has 0 spiro atoms. The van der Waals surface area contributed by atoms with Gasteiger partial charge < -0.3 is 0 Å². The van der Waals surface area contributed by atoms with E-state index in [1.165, 1.54) is 32.1 Å². The van der Waals surface area contributed by atoms with Crippen molar-refractivity contribution >= 4 is 11.8 Å². The van der Waals surface area contributed by atoms with Gasteiger partial charge in [0.2, 0.25) is 0 Å². The van der Waals surface area contributed by atoms with E-state index in [4.69, 9.17) is 0 Å². The molecule has 70 valence electrons. The molecular weight excluding hydrogens is 164 g/mol. The Morgan fingerprint density at radius 1 is 1.25 bits per heavy atom. The molecule has 0 bridgehead atoms. The maximum atomic E-state index is 2.30. The minimum Gasteiger partial charge on any atom is -0.151 e. The van der Waals surface area contributed by atoms with Crippen LogP contribution in [0.15, 0.2) is 12.2 Å². The van der Waals surface area contributed by atoms with Crippen LogP contribution < -0.4 is 0 Å². The van der Waals surface area contributed by atoms with Crippen LogP contribution in [0.25, 0.3) is 0 Å². The minimum absolute atomic E-state index is 0.720. The topological polar surface area (TPSA) is 0 Å². The summed E-state index contributed by atoms with van der Waals surface area (Å²) in [6.45, 7) is 4.41. The highest BCUT2D eigenvalue weighted by molar-refractivity contribution is 8.00. The van der Waals surface area contributed by atoms with E-state index in [9.17, 15) is 0 Å². The first kappa shape index (κ1) is 10.2. The zero-order chi connectivity index (χ0) is 8.81. The van der Waals surface area contributed by atoms with E-state index in [0.29, 0.717) is 0 Å². The average molecular weight is 184 g/mol.